The van der Waals surface area contributed by atoms with Gasteiger partial charge in [0.1, 0.15) is 17.2 Å². The van der Waals surface area contributed by atoms with Gasteiger partial charge in [-0.3, -0.25) is 14.6 Å². The molecule has 3 heterocycles. The molecule has 1 aliphatic rings. The van der Waals surface area contributed by atoms with Crippen LogP contribution in [0.5, 0.6) is 0 Å². The number of nitrogens with zero attached hydrogens (tertiary/aromatic N) is 5. The van der Waals surface area contributed by atoms with Crippen molar-refractivity contribution in [3.8, 4) is 0 Å². The van der Waals surface area contributed by atoms with Gasteiger partial charge in [0.05, 0.1) is 11.4 Å². The number of benzene rings is 1. The quantitative estimate of drug-likeness (QED) is 0.290. The molecule has 1 saturated heterocycles. The zero-order valence-corrected chi connectivity index (χ0v) is 23.2. The first-order chi connectivity index (χ1) is 18.6. The number of aromatic nitrogens is 3. The fourth-order valence-corrected chi connectivity index (χ4v) is 5.98. The van der Waals surface area contributed by atoms with Crippen LogP contribution in [0.2, 0.25) is 5.02 Å². The van der Waals surface area contributed by atoms with Crippen LogP contribution in [-0.2, 0) is 21.4 Å². The lowest BCUT2D eigenvalue weighted by Crippen LogP contribution is -2.35. The van der Waals surface area contributed by atoms with E-state index >= 15 is 4.39 Å². The lowest BCUT2D eigenvalue weighted by atomic mass is 10.2. The average molecular weight is 629 g/mol. The van der Waals surface area contributed by atoms with Gasteiger partial charge in [-0.25, -0.2) is 27.0 Å². The zero-order chi connectivity index (χ0) is 29.8. The third kappa shape index (κ3) is 7.74. The van der Waals surface area contributed by atoms with E-state index in [0.29, 0.717) is 13.1 Å². The van der Waals surface area contributed by atoms with Crippen molar-refractivity contribution in [2.45, 2.75) is 37.0 Å². The summed E-state index contributed by atoms with van der Waals surface area (Å²) in [6.07, 6.45) is -3.21. The molecule has 2 aromatic heterocycles. The highest BCUT2D eigenvalue weighted by molar-refractivity contribution is 7.93. The molecule has 40 heavy (non-hydrogen) atoms. The molecule has 1 fully saturated rings. The van der Waals surface area contributed by atoms with Gasteiger partial charge in [-0.2, -0.15) is 17.5 Å². The monoisotopic (exact) mass is 628 g/mol. The average Bonchev–Trinajstić information content (AvgIpc) is 3.52. The van der Waals surface area contributed by atoms with Crippen molar-refractivity contribution in [2.24, 2.45) is 0 Å². The third-order valence-corrected chi connectivity index (χ3v) is 8.14. The van der Waals surface area contributed by atoms with Crippen molar-refractivity contribution in [2.75, 3.05) is 29.8 Å². The van der Waals surface area contributed by atoms with Crippen molar-refractivity contribution in [1.82, 2.24) is 19.2 Å². The van der Waals surface area contributed by atoms with Crippen molar-refractivity contribution < 1.29 is 40.3 Å². The molecule has 0 bridgehead atoms. The Morgan fingerprint density at radius 1 is 1.32 bits per heavy atom. The minimum Gasteiger partial charge on any atom is -0.475 e. The Hall–Kier alpha value is -3.15. The number of aliphatic carboxylic acids is 1. The molecular formula is C22H22ClF5N6O4S2. The van der Waals surface area contributed by atoms with E-state index in [1.807, 2.05) is 29.8 Å². The first-order valence-corrected chi connectivity index (χ1v) is 13.9. The molecule has 0 saturated carbocycles. The topological polar surface area (TPSA) is 129 Å². The third-order valence-electron chi connectivity index (χ3n) is 5.70. The van der Waals surface area contributed by atoms with Crippen LogP contribution in [0.3, 0.4) is 0 Å². The maximum absolute atomic E-state index is 15.0. The smallest absolute Gasteiger partial charge is 0.475 e. The highest BCUT2D eigenvalue weighted by atomic mass is 35.5. The van der Waals surface area contributed by atoms with Crippen LogP contribution < -0.4 is 9.62 Å². The lowest BCUT2D eigenvalue weighted by molar-refractivity contribution is -0.192. The van der Waals surface area contributed by atoms with E-state index in [9.17, 15) is 26.0 Å². The SMILES string of the molecule is Cc1cccc(CN2CC[C@H](N(C)c3cc(F)c(S(=O)(=O)Nc4ncns4)c(F)c3Cl)C2)n1.O=C(O)C(F)(F)F. The van der Waals surface area contributed by atoms with E-state index in [1.54, 1.807) is 11.9 Å². The Kier molecular flexibility index (Phi) is 9.86. The molecule has 2 N–H and O–H groups in total. The standard InChI is InChI=1S/C20H21ClF2N6O2S2.C2HF3O2/c1-12-4-3-5-13(26-12)9-29-7-6-14(10-29)28(2)16-8-15(22)19(18(23)17(16)21)33(30,31)27-20-24-11-25-32-20;3-2(4,5)1(6)7/h3-5,8,11,14H,6-7,9-10H2,1-2H3,(H,24,25,27);(H,6,7)/t14-;/m0./s1. The number of sulfonamides is 1. The maximum atomic E-state index is 15.0. The molecular weight excluding hydrogens is 607 g/mol. The van der Waals surface area contributed by atoms with Crippen molar-refractivity contribution in [3.63, 3.8) is 0 Å². The van der Waals surface area contributed by atoms with Gasteiger partial charge in [0.2, 0.25) is 5.13 Å². The van der Waals surface area contributed by atoms with E-state index in [2.05, 4.69) is 19.2 Å². The number of hydrogen-bond donors (Lipinski definition) is 2. The number of nitrogens with one attached hydrogen (secondary N) is 1. The predicted octanol–water partition coefficient (Wildman–Crippen LogP) is 4.32. The molecule has 1 atom stereocenters. The maximum Gasteiger partial charge on any atom is 0.490 e. The molecule has 10 nitrogen and oxygen atoms in total. The number of rotatable bonds is 7. The van der Waals surface area contributed by atoms with E-state index in [-0.39, 0.29) is 16.9 Å². The van der Waals surface area contributed by atoms with E-state index in [1.165, 1.54) is 0 Å². The van der Waals surface area contributed by atoms with E-state index in [4.69, 9.17) is 21.5 Å². The molecule has 0 unspecified atom stereocenters. The summed E-state index contributed by atoms with van der Waals surface area (Å²) in [4.78, 5) is 19.8. The van der Waals surface area contributed by atoms with Gasteiger partial charge in [-0.05, 0) is 25.5 Å². The van der Waals surface area contributed by atoms with Crippen LogP contribution in [-0.4, -0.2) is 71.1 Å². The predicted molar refractivity (Wildman–Crippen MR) is 137 cm³/mol. The molecule has 218 valence electrons. The largest absolute Gasteiger partial charge is 0.490 e. The number of anilines is 2. The van der Waals surface area contributed by atoms with Crippen LogP contribution in [0.1, 0.15) is 17.8 Å². The summed E-state index contributed by atoms with van der Waals surface area (Å²) < 4.78 is 92.4. The highest BCUT2D eigenvalue weighted by Crippen LogP contribution is 2.36. The lowest BCUT2D eigenvalue weighted by Gasteiger charge is -2.28. The minimum absolute atomic E-state index is 0.0620. The van der Waals surface area contributed by atoms with Crippen molar-refractivity contribution in [3.05, 3.63) is 58.6 Å². The van der Waals surface area contributed by atoms with Gasteiger partial charge in [-0.15, -0.1) is 0 Å². The van der Waals surface area contributed by atoms with Gasteiger partial charge in [0.25, 0.3) is 10.0 Å². The minimum atomic E-state index is -5.08. The molecule has 0 spiro atoms. The van der Waals surface area contributed by atoms with Gasteiger partial charge in [0.15, 0.2) is 10.7 Å². The van der Waals surface area contributed by atoms with E-state index < -0.39 is 43.7 Å². The van der Waals surface area contributed by atoms with Crippen molar-refractivity contribution >= 4 is 49.9 Å². The molecule has 18 heteroatoms. The summed E-state index contributed by atoms with van der Waals surface area (Å²) in [5.74, 6) is -5.35. The van der Waals surface area contributed by atoms with Gasteiger partial charge in [0, 0.05) is 56.0 Å². The van der Waals surface area contributed by atoms with Crippen LogP contribution in [0, 0.1) is 18.6 Å². The fourth-order valence-electron chi connectivity index (χ4n) is 3.84. The van der Waals surface area contributed by atoms with Gasteiger partial charge in [-0.1, -0.05) is 17.7 Å². The molecule has 1 aromatic carbocycles. The number of likely N-dealkylation sites (N-methyl/N-ethyl adjacent to an activating group) is 1. The molecule has 4 rings (SSSR count). The van der Waals surface area contributed by atoms with Crippen LogP contribution >= 0.6 is 23.1 Å². The van der Waals surface area contributed by atoms with Gasteiger partial charge >= 0.3 is 12.1 Å². The second-order valence-corrected chi connectivity index (χ2v) is 11.3. The van der Waals surface area contributed by atoms with Gasteiger partial charge < -0.3 is 10.0 Å². The summed E-state index contributed by atoms with van der Waals surface area (Å²) in [6, 6.07) is 6.74. The zero-order valence-electron chi connectivity index (χ0n) is 20.8. The number of pyridine rings is 1. The molecule has 0 amide bonds. The first-order valence-electron chi connectivity index (χ1n) is 11.2. The fraction of sp³-hybridized carbons (Fsp3) is 0.364. The molecule has 1 aliphatic heterocycles. The normalized spacial score (nSPS) is 15.8. The number of halogens is 6. The first kappa shape index (κ1) is 31.4. The molecule has 0 aliphatic carbocycles. The number of carboxylic acids is 1. The second kappa shape index (κ2) is 12.6. The Morgan fingerprint density at radius 3 is 2.58 bits per heavy atom. The summed E-state index contributed by atoms with van der Waals surface area (Å²) in [6.45, 7) is 4.02. The summed E-state index contributed by atoms with van der Waals surface area (Å²) >= 11 is 6.93. The Bertz CT molecular complexity index is 1460. The Balaban J connectivity index is 0.000000559. The highest BCUT2D eigenvalue weighted by Gasteiger charge is 2.38. The van der Waals surface area contributed by atoms with Crippen LogP contribution in [0.25, 0.3) is 0 Å². The summed E-state index contributed by atoms with van der Waals surface area (Å²) in [5.41, 5.74) is 1.97. The molecule has 3 aromatic rings. The number of carbonyl (C=O) groups is 1. The van der Waals surface area contributed by atoms with E-state index in [0.717, 1.165) is 48.3 Å². The number of aryl methyl sites for hydroxylation is 1. The molecule has 0 radical (unpaired) electrons. The second-order valence-electron chi connectivity index (χ2n) is 8.55. The number of alkyl halides is 3. The number of hydrogen-bond acceptors (Lipinski definition) is 9. The summed E-state index contributed by atoms with van der Waals surface area (Å²) in [7, 11) is -2.90. The van der Waals surface area contributed by atoms with Crippen molar-refractivity contribution in [1.29, 1.82) is 0 Å². The summed E-state index contributed by atoms with van der Waals surface area (Å²) in [5, 5.41) is 6.55. The number of likely N-dealkylation sites (tertiary alicyclic amines) is 1. The Morgan fingerprint density at radius 2 is 2.00 bits per heavy atom. The van der Waals surface area contributed by atoms with Crippen LogP contribution in [0.15, 0.2) is 35.5 Å². The van der Waals surface area contributed by atoms with Crippen LogP contribution in [0.4, 0.5) is 32.8 Å². The Labute approximate surface area is 234 Å². The number of carboxylic acid groups (broad SMARTS) is 1.